The van der Waals surface area contributed by atoms with Crippen molar-refractivity contribution in [1.29, 1.82) is 0 Å². The summed E-state index contributed by atoms with van der Waals surface area (Å²) < 4.78 is 33.5. The van der Waals surface area contributed by atoms with Crippen molar-refractivity contribution >= 4 is 29.4 Å². The second-order valence-corrected chi connectivity index (χ2v) is 8.94. The number of nitrogens with zero attached hydrogens (tertiary/aromatic N) is 1. The first-order chi connectivity index (χ1) is 17.2. The van der Waals surface area contributed by atoms with Crippen molar-refractivity contribution in [2.45, 2.75) is 45.3 Å². The van der Waals surface area contributed by atoms with Gasteiger partial charge < -0.3 is 20.6 Å². The Hall–Kier alpha value is -3.33. The zero-order valence-corrected chi connectivity index (χ0v) is 21.4. The molecule has 37 heavy (non-hydrogen) atoms. The van der Waals surface area contributed by atoms with Crippen LogP contribution in [-0.4, -0.2) is 28.6 Å². The molecule has 0 saturated heterocycles. The van der Waals surface area contributed by atoms with Gasteiger partial charge in [-0.3, -0.25) is 4.79 Å². The quantitative estimate of drug-likeness (QED) is 0.269. The number of hydrogen-bond donors (Lipinski definition) is 3. The number of carbonyl (C=O) groups excluding carboxylic acids is 1. The van der Waals surface area contributed by atoms with Gasteiger partial charge in [-0.05, 0) is 53.3 Å². The summed E-state index contributed by atoms with van der Waals surface area (Å²) in [5, 5.41) is 14.6. The van der Waals surface area contributed by atoms with Crippen LogP contribution in [0.5, 0.6) is 0 Å². The molecule has 1 amide bonds. The van der Waals surface area contributed by atoms with Crippen molar-refractivity contribution in [3.05, 3.63) is 99.9 Å². The Bertz CT molecular complexity index is 1370. The average molecular weight is 530 g/mol. The Morgan fingerprint density at radius 2 is 1.78 bits per heavy atom. The molecule has 196 valence electrons. The summed E-state index contributed by atoms with van der Waals surface area (Å²) in [6.45, 7) is 4.50. The van der Waals surface area contributed by atoms with E-state index in [1.54, 1.807) is 13.0 Å². The lowest BCUT2D eigenvalue weighted by molar-refractivity contribution is 0.100. The molecule has 1 heterocycles. The molecule has 4 rings (SSSR count). The van der Waals surface area contributed by atoms with E-state index in [-0.39, 0.29) is 36.5 Å². The van der Waals surface area contributed by atoms with Crippen LogP contribution in [0.25, 0.3) is 11.1 Å². The number of benzene rings is 3. The van der Waals surface area contributed by atoms with E-state index >= 15 is 0 Å². The number of fused-ring (bicyclic) bond motifs is 1. The molecule has 0 bridgehead atoms. The molecule has 0 spiro atoms. The van der Waals surface area contributed by atoms with E-state index in [0.29, 0.717) is 29.1 Å². The first-order valence-corrected chi connectivity index (χ1v) is 11.9. The minimum Gasteiger partial charge on any atom is -0.440 e. The second kappa shape index (κ2) is 12.3. The lowest BCUT2D eigenvalue weighted by Gasteiger charge is -2.25. The summed E-state index contributed by atoms with van der Waals surface area (Å²) >= 11 is 0. The molecule has 6 nitrogen and oxygen atoms in total. The zero-order valence-electron chi connectivity index (χ0n) is 20.6. The summed E-state index contributed by atoms with van der Waals surface area (Å²) in [7, 11) is 0. The molecule has 0 aliphatic heterocycles. The van der Waals surface area contributed by atoms with E-state index in [1.165, 1.54) is 23.8 Å². The number of halogens is 3. The summed E-state index contributed by atoms with van der Waals surface area (Å²) in [6, 6.07) is 14.7. The van der Waals surface area contributed by atoms with Gasteiger partial charge in [0, 0.05) is 32.0 Å². The molecule has 2 atom stereocenters. The molecule has 0 aliphatic rings. The van der Waals surface area contributed by atoms with Crippen LogP contribution in [0, 0.1) is 18.6 Å². The largest absolute Gasteiger partial charge is 0.440 e. The smallest absolute Gasteiger partial charge is 0.252 e. The maximum Gasteiger partial charge on any atom is 0.252 e. The number of aliphatic hydroxyl groups excluding tert-OH is 1. The number of primary amides is 1. The highest BCUT2D eigenvalue weighted by Crippen LogP contribution is 2.33. The Labute approximate surface area is 220 Å². The Morgan fingerprint density at radius 1 is 1.08 bits per heavy atom. The third-order valence-electron chi connectivity index (χ3n) is 6.27. The molecule has 1 aromatic heterocycles. The van der Waals surface area contributed by atoms with Crippen LogP contribution in [0.2, 0.25) is 0 Å². The van der Waals surface area contributed by atoms with E-state index < -0.39 is 29.6 Å². The van der Waals surface area contributed by atoms with Gasteiger partial charge >= 0.3 is 0 Å². The van der Waals surface area contributed by atoms with Crippen molar-refractivity contribution in [3.8, 4) is 0 Å². The highest BCUT2D eigenvalue weighted by Gasteiger charge is 2.27. The van der Waals surface area contributed by atoms with Gasteiger partial charge in [0.25, 0.3) is 5.91 Å². The molecule has 9 heteroatoms. The topological polar surface area (TPSA) is 101 Å². The molecule has 0 fully saturated rings. The predicted molar refractivity (Wildman–Crippen MR) is 141 cm³/mol. The Kier molecular flexibility index (Phi) is 9.37. The standard InChI is InChI=1S/C28H29F2N3O3.ClH/c1-3-17-5-4-6-18(9-17)14-32-15-25(34)24(12-19-10-20(29)13-21(30)11-19)22-7-8-23(28(31)35)27-26(22)33-16(2)36-27;/h4-11,13,24-25,32,34H,3,12,14-15H2,1-2H3,(H2,31,35);1H/t24-,25-;/m0./s1. The van der Waals surface area contributed by atoms with E-state index in [9.17, 15) is 18.7 Å². The van der Waals surface area contributed by atoms with E-state index in [1.807, 2.05) is 12.1 Å². The fraction of sp³-hybridized carbons (Fsp3) is 0.286. The average Bonchev–Trinajstić information content (AvgIpc) is 3.22. The minimum atomic E-state index is -0.940. The number of carbonyl (C=O) groups is 1. The number of nitrogens with two attached hydrogens (primary N) is 1. The monoisotopic (exact) mass is 529 g/mol. The lowest BCUT2D eigenvalue weighted by Crippen LogP contribution is -2.33. The van der Waals surface area contributed by atoms with Gasteiger partial charge in [-0.2, -0.15) is 0 Å². The summed E-state index contributed by atoms with van der Waals surface area (Å²) in [5.41, 5.74) is 9.59. The number of rotatable bonds is 10. The maximum absolute atomic E-state index is 13.9. The third kappa shape index (κ3) is 6.71. The van der Waals surface area contributed by atoms with Gasteiger partial charge in [-0.1, -0.05) is 37.3 Å². The number of nitrogens with one attached hydrogen (secondary N) is 1. The molecule has 0 unspecified atom stereocenters. The zero-order chi connectivity index (χ0) is 25.8. The van der Waals surface area contributed by atoms with Gasteiger partial charge in [-0.15, -0.1) is 12.4 Å². The van der Waals surface area contributed by atoms with Crippen molar-refractivity contribution < 1.29 is 23.1 Å². The van der Waals surface area contributed by atoms with Crippen LogP contribution in [-0.2, 0) is 19.4 Å². The molecule has 4 aromatic rings. The normalized spacial score (nSPS) is 12.8. The number of oxazole rings is 1. The number of amides is 1. The Balaban J connectivity index is 0.00000380. The number of hydrogen-bond acceptors (Lipinski definition) is 5. The fourth-order valence-corrected chi connectivity index (χ4v) is 4.53. The fourth-order valence-electron chi connectivity index (χ4n) is 4.53. The van der Waals surface area contributed by atoms with Crippen molar-refractivity contribution in [2.75, 3.05) is 6.54 Å². The number of aryl methyl sites for hydroxylation is 2. The Morgan fingerprint density at radius 3 is 2.46 bits per heavy atom. The van der Waals surface area contributed by atoms with Gasteiger partial charge in [0.2, 0.25) is 0 Å². The van der Waals surface area contributed by atoms with Crippen LogP contribution in [0.1, 0.15) is 51.3 Å². The van der Waals surface area contributed by atoms with Crippen molar-refractivity contribution in [1.82, 2.24) is 10.3 Å². The SMILES string of the molecule is CCc1cccc(CNC[C@H](O)[C@@H](Cc2cc(F)cc(F)c2)c2ccc(C(N)=O)c3oc(C)nc23)c1.Cl. The van der Waals surface area contributed by atoms with E-state index in [0.717, 1.165) is 18.1 Å². The first kappa shape index (κ1) is 28.2. The number of aromatic nitrogens is 1. The van der Waals surface area contributed by atoms with Gasteiger partial charge in [0.05, 0.1) is 11.7 Å². The highest BCUT2D eigenvalue weighted by molar-refractivity contribution is 6.04. The van der Waals surface area contributed by atoms with Crippen LogP contribution >= 0.6 is 12.4 Å². The number of aliphatic hydroxyl groups is 1. The van der Waals surface area contributed by atoms with E-state index in [4.69, 9.17) is 10.2 Å². The third-order valence-corrected chi connectivity index (χ3v) is 6.27. The lowest BCUT2D eigenvalue weighted by atomic mass is 9.85. The van der Waals surface area contributed by atoms with Crippen LogP contribution < -0.4 is 11.1 Å². The molecule has 0 saturated carbocycles. The molecular weight excluding hydrogens is 500 g/mol. The van der Waals surface area contributed by atoms with Crippen molar-refractivity contribution in [3.63, 3.8) is 0 Å². The molecule has 0 radical (unpaired) electrons. The maximum atomic E-state index is 13.9. The minimum absolute atomic E-state index is 0. The first-order valence-electron chi connectivity index (χ1n) is 11.9. The van der Waals surface area contributed by atoms with E-state index in [2.05, 4.69) is 29.4 Å². The molecular formula is C28H30ClF2N3O3. The predicted octanol–water partition coefficient (Wildman–Crippen LogP) is 4.97. The van der Waals surface area contributed by atoms with Crippen molar-refractivity contribution in [2.24, 2.45) is 5.73 Å². The van der Waals surface area contributed by atoms with Crippen LogP contribution in [0.4, 0.5) is 8.78 Å². The molecule has 3 aromatic carbocycles. The van der Waals surface area contributed by atoms with Gasteiger partial charge in [-0.25, -0.2) is 13.8 Å². The molecule has 4 N–H and O–H groups in total. The second-order valence-electron chi connectivity index (χ2n) is 8.94. The summed E-state index contributed by atoms with van der Waals surface area (Å²) in [6.07, 6.45) is 0.127. The molecule has 0 aliphatic carbocycles. The van der Waals surface area contributed by atoms with Crippen LogP contribution in [0.15, 0.2) is 59.0 Å². The van der Waals surface area contributed by atoms with Gasteiger partial charge in [0.1, 0.15) is 17.2 Å². The van der Waals surface area contributed by atoms with Gasteiger partial charge in [0.15, 0.2) is 11.5 Å². The summed E-state index contributed by atoms with van der Waals surface area (Å²) in [5.74, 6) is -2.33. The summed E-state index contributed by atoms with van der Waals surface area (Å²) in [4.78, 5) is 16.3. The van der Waals surface area contributed by atoms with Crippen LogP contribution in [0.3, 0.4) is 0 Å². The highest BCUT2D eigenvalue weighted by atomic mass is 35.5.